The van der Waals surface area contributed by atoms with Gasteiger partial charge in [0.2, 0.25) is 5.91 Å². The van der Waals surface area contributed by atoms with E-state index in [0.717, 1.165) is 18.7 Å². The summed E-state index contributed by atoms with van der Waals surface area (Å²) in [6.45, 7) is 4.20. The lowest BCUT2D eigenvalue weighted by molar-refractivity contribution is -0.115. The van der Waals surface area contributed by atoms with Crippen LogP contribution in [0.2, 0.25) is 0 Å². The molecule has 0 fully saturated rings. The molecular formula is C21H27N3O3. The summed E-state index contributed by atoms with van der Waals surface area (Å²) in [5.41, 5.74) is 2.24. The number of nitrogens with one attached hydrogen (secondary N) is 2. The monoisotopic (exact) mass is 369 g/mol. The van der Waals surface area contributed by atoms with Gasteiger partial charge >= 0.3 is 0 Å². The number of nitrogens with zero attached hydrogens (tertiary/aromatic N) is 1. The van der Waals surface area contributed by atoms with Crippen molar-refractivity contribution in [2.75, 3.05) is 43.6 Å². The molecule has 6 nitrogen and oxygen atoms in total. The zero-order valence-corrected chi connectivity index (χ0v) is 15.9. The number of methoxy groups -OCH3 is 1. The molecule has 0 heterocycles. The van der Waals surface area contributed by atoms with Gasteiger partial charge in [-0.05, 0) is 49.7 Å². The summed E-state index contributed by atoms with van der Waals surface area (Å²) in [6.07, 6.45) is 0.770. The Bertz CT molecular complexity index is 717. The normalized spacial score (nSPS) is 10.3. The quantitative estimate of drug-likeness (QED) is 0.632. The second-order valence-electron chi connectivity index (χ2n) is 6.08. The first-order chi connectivity index (χ1) is 13.1. The summed E-state index contributed by atoms with van der Waals surface area (Å²) < 4.78 is 4.95. The van der Waals surface area contributed by atoms with Crippen molar-refractivity contribution in [3.05, 3.63) is 60.2 Å². The van der Waals surface area contributed by atoms with E-state index in [0.29, 0.717) is 24.4 Å². The average Bonchev–Trinajstić information content (AvgIpc) is 2.70. The minimum absolute atomic E-state index is 0.0996. The van der Waals surface area contributed by atoms with Crippen molar-refractivity contribution < 1.29 is 14.3 Å². The van der Waals surface area contributed by atoms with Gasteiger partial charge in [-0.15, -0.1) is 0 Å². The number of hydrogen-bond acceptors (Lipinski definition) is 4. The molecule has 2 amide bonds. The fraction of sp³-hybridized carbons (Fsp3) is 0.333. The van der Waals surface area contributed by atoms with Crippen molar-refractivity contribution in [3.8, 4) is 0 Å². The highest BCUT2D eigenvalue weighted by atomic mass is 16.5. The van der Waals surface area contributed by atoms with E-state index in [1.807, 2.05) is 42.2 Å². The van der Waals surface area contributed by atoms with Crippen LogP contribution in [0, 0.1) is 0 Å². The van der Waals surface area contributed by atoms with E-state index in [9.17, 15) is 9.59 Å². The standard InChI is InChI=1S/C21H27N3O3/c1-3-24(19-8-5-4-6-9-19)16-20(25)23-18-12-10-17(11-13-18)21(26)22-14-7-15-27-2/h4-6,8-13H,3,7,14-16H2,1-2H3,(H,22,26)(H,23,25). The van der Waals surface area contributed by atoms with Crippen molar-refractivity contribution in [3.63, 3.8) is 0 Å². The lowest BCUT2D eigenvalue weighted by Crippen LogP contribution is -2.33. The van der Waals surface area contributed by atoms with Crippen molar-refractivity contribution in [2.45, 2.75) is 13.3 Å². The van der Waals surface area contributed by atoms with Gasteiger partial charge in [0.15, 0.2) is 0 Å². The minimum Gasteiger partial charge on any atom is -0.385 e. The molecule has 0 aromatic heterocycles. The molecule has 2 aromatic carbocycles. The van der Waals surface area contributed by atoms with Crippen LogP contribution in [0.1, 0.15) is 23.7 Å². The van der Waals surface area contributed by atoms with Gasteiger partial charge in [0.05, 0.1) is 6.54 Å². The Hall–Kier alpha value is -2.86. The Kier molecular flexibility index (Phi) is 8.32. The predicted octanol–water partition coefficient (Wildman–Crippen LogP) is 2.92. The van der Waals surface area contributed by atoms with Crippen molar-refractivity contribution in [1.29, 1.82) is 0 Å². The van der Waals surface area contributed by atoms with Gasteiger partial charge in [-0.2, -0.15) is 0 Å². The molecule has 2 rings (SSSR count). The lowest BCUT2D eigenvalue weighted by Gasteiger charge is -2.22. The van der Waals surface area contributed by atoms with Crippen LogP contribution in [0.3, 0.4) is 0 Å². The van der Waals surface area contributed by atoms with E-state index in [4.69, 9.17) is 4.74 Å². The summed E-state index contributed by atoms with van der Waals surface area (Å²) in [6, 6.07) is 16.7. The SMILES string of the molecule is CCN(CC(=O)Nc1ccc(C(=O)NCCCOC)cc1)c1ccccc1. The Morgan fingerprint density at radius 2 is 1.74 bits per heavy atom. The van der Waals surface area contributed by atoms with Crippen molar-refractivity contribution in [2.24, 2.45) is 0 Å². The molecule has 0 spiro atoms. The Morgan fingerprint density at radius 1 is 1.04 bits per heavy atom. The highest BCUT2D eigenvalue weighted by Gasteiger charge is 2.11. The number of carbonyl (C=O) groups excluding carboxylic acids is 2. The second kappa shape index (κ2) is 11.0. The topological polar surface area (TPSA) is 70.7 Å². The number of ether oxygens (including phenoxy) is 1. The van der Waals surface area contributed by atoms with E-state index in [-0.39, 0.29) is 18.4 Å². The van der Waals surface area contributed by atoms with Crippen LogP contribution in [0.5, 0.6) is 0 Å². The fourth-order valence-electron chi connectivity index (χ4n) is 2.62. The third-order valence-electron chi connectivity index (χ3n) is 4.08. The summed E-state index contributed by atoms with van der Waals surface area (Å²) >= 11 is 0. The molecule has 0 aliphatic rings. The van der Waals surface area contributed by atoms with Crippen LogP contribution in [0.25, 0.3) is 0 Å². The molecule has 0 unspecified atom stereocenters. The summed E-state index contributed by atoms with van der Waals surface area (Å²) in [5, 5.41) is 5.71. The van der Waals surface area contributed by atoms with E-state index < -0.39 is 0 Å². The molecule has 2 N–H and O–H groups in total. The number of anilines is 2. The molecule has 27 heavy (non-hydrogen) atoms. The van der Waals surface area contributed by atoms with Crippen LogP contribution in [0.4, 0.5) is 11.4 Å². The zero-order valence-electron chi connectivity index (χ0n) is 15.9. The summed E-state index contributed by atoms with van der Waals surface area (Å²) in [7, 11) is 1.63. The zero-order chi connectivity index (χ0) is 19.5. The van der Waals surface area contributed by atoms with Crippen LogP contribution in [-0.2, 0) is 9.53 Å². The number of para-hydroxylation sites is 1. The number of hydrogen-bond donors (Lipinski definition) is 2. The molecule has 0 saturated heterocycles. The van der Waals surface area contributed by atoms with Gasteiger partial charge in [-0.3, -0.25) is 9.59 Å². The number of rotatable bonds is 10. The highest BCUT2D eigenvalue weighted by molar-refractivity contribution is 5.96. The summed E-state index contributed by atoms with van der Waals surface area (Å²) in [4.78, 5) is 26.4. The van der Waals surface area contributed by atoms with E-state index >= 15 is 0 Å². The van der Waals surface area contributed by atoms with Crippen molar-refractivity contribution >= 4 is 23.2 Å². The maximum Gasteiger partial charge on any atom is 0.251 e. The minimum atomic E-state index is -0.134. The maximum absolute atomic E-state index is 12.3. The van der Waals surface area contributed by atoms with E-state index in [2.05, 4.69) is 10.6 Å². The number of likely N-dealkylation sites (N-methyl/N-ethyl adjacent to an activating group) is 1. The maximum atomic E-state index is 12.3. The molecule has 0 bridgehead atoms. The van der Waals surface area contributed by atoms with Gasteiger partial charge in [0.25, 0.3) is 5.91 Å². The first-order valence-electron chi connectivity index (χ1n) is 9.11. The lowest BCUT2D eigenvalue weighted by atomic mass is 10.2. The fourth-order valence-corrected chi connectivity index (χ4v) is 2.62. The van der Waals surface area contributed by atoms with E-state index in [1.54, 1.807) is 31.4 Å². The molecule has 0 aliphatic heterocycles. The van der Waals surface area contributed by atoms with Gasteiger partial charge in [0, 0.05) is 43.7 Å². The largest absolute Gasteiger partial charge is 0.385 e. The molecule has 6 heteroatoms. The Labute approximate surface area is 160 Å². The molecule has 0 saturated carbocycles. The molecule has 0 aliphatic carbocycles. The van der Waals surface area contributed by atoms with Gasteiger partial charge < -0.3 is 20.3 Å². The van der Waals surface area contributed by atoms with Gasteiger partial charge in [-0.25, -0.2) is 0 Å². The van der Waals surface area contributed by atoms with E-state index in [1.165, 1.54) is 0 Å². The Balaban J connectivity index is 1.86. The average molecular weight is 369 g/mol. The smallest absolute Gasteiger partial charge is 0.251 e. The number of benzene rings is 2. The number of carbonyl (C=O) groups is 2. The second-order valence-corrected chi connectivity index (χ2v) is 6.08. The molecule has 0 atom stereocenters. The first-order valence-corrected chi connectivity index (χ1v) is 9.11. The van der Waals surface area contributed by atoms with Crippen LogP contribution < -0.4 is 15.5 Å². The number of amides is 2. The van der Waals surface area contributed by atoms with Crippen molar-refractivity contribution in [1.82, 2.24) is 5.32 Å². The molecule has 144 valence electrons. The van der Waals surface area contributed by atoms with Crippen LogP contribution >= 0.6 is 0 Å². The molecule has 0 radical (unpaired) electrons. The molecule has 2 aromatic rings. The van der Waals surface area contributed by atoms with Gasteiger partial charge in [0.1, 0.15) is 0 Å². The Morgan fingerprint density at radius 3 is 2.37 bits per heavy atom. The first kappa shape index (κ1) is 20.5. The van der Waals surface area contributed by atoms with Crippen LogP contribution in [-0.4, -0.2) is 45.2 Å². The van der Waals surface area contributed by atoms with Crippen LogP contribution in [0.15, 0.2) is 54.6 Å². The predicted molar refractivity (Wildman–Crippen MR) is 108 cm³/mol. The third kappa shape index (κ3) is 6.75. The highest BCUT2D eigenvalue weighted by Crippen LogP contribution is 2.14. The van der Waals surface area contributed by atoms with Gasteiger partial charge in [-0.1, -0.05) is 18.2 Å². The third-order valence-corrected chi connectivity index (χ3v) is 4.08. The summed E-state index contributed by atoms with van der Waals surface area (Å²) in [5.74, 6) is -0.234. The molecular weight excluding hydrogens is 342 g/mol.